The van der Waals surface area contributed by atoms with E-state index < -0.39 is 0 Å². The maximum Gasteiger partial charge on any atom is 0.167 e. The first kappa shape index (κ1) is 9.09. The molecule has 3 aromatic rings. The molecule has 0 saturated carbocycles. The summed E-state index contributed by atoms with van der Waals surface area (Å²) < 4.78 is 5.17. The van der Waals surface area contributed by atoms with Crippen molar-refractivity contribution >= 4 is 11.0 Å². The molecule has 0 radical (unpaired) electrons. The fourth-order valence-electron chi connectivity index (χ4n) is 1.75. The minimum Gasteiger partial charge on any atom is -0.356 e. The Bertz CT molecular complexity index is 629. The zero-order valence-electron chi connectivity index (χ0n) is 8.84. The topological polar surface area (TPSA) is 38.9 Å². The average Bonchev–Trinajstić information content (AvgIpc) is 2.72. The number of nitrogens with zero attached hydrogens (tertiary/aromatic N) is 2. The van der Waals surface area contributed by atoms with Crippen LogP contribution in [-0.4, -0.2) is 10.1 Å². The number of hydrogen-bond acceptors (Lipinski definition) is 3. The Morgan fingerprint density at radius 3 is 2.88 bits per heavy atom. The van der Waals surface area contributed by atoms with Crippen LogP contribution in [0.5, 0.6) is 0 Å². The van der Waals surface area contributed by atoms with Crippen LogP contribution in [-0.2, 0) is 0 Å². The summed E-state index contributed by atoms with van der Waals surface area (Å²) in [7, 11) is 0. The van der Waals surface area contributed by atoms with E-state index in [1.165, 1.54) is 0 Å². The van der Waals surface area contributed by atoms with Gasteiger partial charge in [0.15, 0.2) is 5.58 Å². The first-order valence-electron chi connectivity index (χ1n) is 5.12. The van der Waals surface area contributed by atoms with Crippen LogP contribution < -0.4 is 0 Å². The van der Waals surface area contributed by atoms with Gasteiger partial charge in [-0.05, 0) is 37.3 Å². The molecule has 2 aromatic heterocycles. The standard InChI is InChI=1S/C13H10N2O/c1-9-11-8-10(5-6-13(11)16-15-9)12-4-2-3-7-14-12/h2-8H,1H3. The quantitative estimate of drug-likeness (QED) is 0.619. The largest absolute Gasteiger partial charge is 0.356 e. The number of fused-ring (bicyclic) bond motifs is 1. The molecular formula is C13H10N2O. The summed E-state index contributed by atoms with van der Waals surface area (Å²) in [6.07, 6.45) is 1.79. The summed E-state index contributed by atoms with van der Waals surface area (Å²) >= 11 is 0. The predicted molar refractivity (Wildman–Crippen MR) is 62.0 cm³/mol. The summed E-state index contributed by atoms with van der Waals surface area (Å²) in [4.78, 5) is 4.32. The minimum atomic E-state index is 0.817. The summed E-state index contributed by atoms with van der Waals surface area (Å²) in [5.74, 6) is 0. The average molecular weight is 210 g/mol. The molecule has 0 aliphatic rings. The van der Waals surface area contributed by atoms with Crippen LogP contribution in [0.25, 0.3) is 22.2 Å². The molecule has 0 spiro atoms. The lowest BCUT2D eigenvalue weighted by molar-refractivity contribution is 0.450. The van der Waals surface area contributed by atoms with Crippen molar-refractivity contribution in [3.8, 4) is 11.3 Å². The summed E-state index contributed by atoms with van der Waals surface area (Å²) in [6.45, 7) is 1.94. The van der Waals surface area contributed by atoms with E-state index in [9.17, 15) is 0 Å². The van der Waals surface area contributed by atoms with Gasteiger partial charge in [0.2, 0.25) is 0 Å². The van der Waals surface area contributed by atoms with E-state index in [2.05, 4.69) is 16.2 Å². The number of benzene rings is 1. The molecule has 0 amide bonds. The second kappa shape index (κ2) is 3.45. The van der Waals surface area contributed by atoms with Crippen LogP contribution in [0.1, 0.15) is 5.69 Å². The van der Waals surface area contributed by atoms with Crippen LogP contribution in [0.3, 0.4) is 0 Å². The van der Waals surface area contributed by atoms with Gasteiger partial charge in [0.25, 0.3) is 0 Å². The molecule has 0 fully saturated rings. The first-order chi connectivity index (χ1) is 7.84. The molecule has 3 nitrogen and oxygen atoms in total. The Labute approximate surface area is 92.7 Å². The minimum absolute atomic E-state index is 0.817. The highest BCUT2D eigenvalue weighted by Gasteiger charge is 2.06. The predicted octanol–water partition coefficient (Wildman–Crippen LogP) is 3.20. The second-order valence-corrected chi connectivity index (χ2v) is 3.69. The van der Waals surface area contributed by atoms with Crippen molar-refractivity contribution in [3.63, 3.8) is 0 Å². The van der Waals surface area contributed by atoms with Gasteiger partial charge in [-0.2, -0.15) is 0 Å². The van der Waals surface area contributed by atoms with Crippen LogP contribution in [0.4, 0.5) is 0 Å². The maximum absolute atomic E-state index is 5.17. The molecule has 0 bridgehead atoms. The molecule has 0 atom stereocenters. The summed E-state index contributed by atoms with van der Waals surface area (Å²) in [5.41, 5.74) is 3.77. The van der Waals surface area contributed by atoms with E-state index in [0.29, 0.717) is 0 Å². The molecular weight excluding hydrogens is 200 g/mol. The SMILES string of the molecule is Cc1noc2ccc(-c3ccccn3)cc12. The fraction of sp³-hybridized carbons (Fsp3) is 0.0769. The number of pyridine rings is 1. The molecule has 0 unspecified atom stereocenters. The maximum atomic E-state index is 5.17. The zero-order valence-corrected chi connectivity index (χ0v) is 8.84. The number of hydrogen-bond donors (Lipinski definition) is 0. The monoisotopic (exact) mass is 210 g/mol. The van der Waals surface area contributed by atoms with Crippen molar-refractivity contribution in [3.05, 3.63) is 48.3 Å². The third-order valence-electron chi connectivity index (χ3n) is 2.61. The highest BCUT2D eigenvalue weighted by atomic mass is 16.5. The van der Waals surface area contributed by atoms with Gasteiger partial charge in [-0.1, -0.05) is 11.2 Å². The lowest BCUT2D eigenvalue weighted by Gasteiger charge is -1.99. The number of aryl methyl sites for hydroxylation is 1. The van der Waals surface area contributed by atoms with Crippen molar-refractivity contribution in [2.75, 3.05) is 0 Å². The molecule has 3 heteroatoms. The molecule has 0 aliphatic carbocycles. The van der Waals surface area contributed by atoms with E-state index in [0.717, 1.165) is 27.9 Å². The van der Waals surface area contributed by atoms with E-state index in [1.807, 2.05) is 37.3 Å². The van der Waals surface area contributed by atoms with Gasteiger partial charge in [0.05, 0.1) is 11.4 Å². The van der Waals surface area contributed by atoms with Crippen LogP contribution in [0, 0.1) is 6.92 Å². The Morgan fingerprint density at radius 1 is 1.12 bits per heavy atom. The van der Waals surface area contributed by atoms with Gasteiger partial charge in [-0.3, -0.25) is 4.98 Å². The Hall–Kier alpha value is -2.16. The molecule has 0 saturated heterocycles. The smallest absolute Gasteiger partial charge is 0.167 e. The fourth-order valence-corrected chi connectivity index (χ4v) is 1.75. The third-order valence-corrected chi connectivity index (χ3v) is 2.61. The van der Waals surface area contributed by atoms with Crippen LogP contribution in [0.15, 0.2) is 47.1 Å². The highest BCUT2D eigenvalue weighted by molar-refractivity contribution is 5.84. The van der Waals surface area contributed by atoms with Gasteiger partial charge in [0.1, 0.15) is 0 Å². The van der Waals surface area contributed by atoms with Crippen molar-refractivity contribution < 1.29 is 4.52 Å². The molecule has 78 valence electrons. The van der Waals surface area contributed by atoms with Crippen LogP contribution >= 0.6 is 0 Å². The van der Waals surface area contributed by atoms with Crippen molar-refractivity contribution in [2.45, 2.75) is 6.92 Å². The Kier molecular flexibility index (Phi) is 1.96. The van der Waals surface area contributed by atoms with E-state index in [1.54, 1.807) is 6.20 Å². The number of aromatic nitrogens is 2. The molecule has 3 rings (SSSR count). The van der Waals surface area contributed by atoms with Gasteiger partial charge in [-0.15, -0.1) is 0 Å². The lowest BCUT2D eigenvalue weighted by atomic mass is 10.1. The highest BCUT2D eigenvalue weighted by Crippen LogP contribution is 2.24. The Balaban J connectivity index is 2.22. The van der Waals surface area contributed by atoms with E-state index in [4.69, 9.17) is 4.52 Å². The van der Waals surface area contributed by atoms with Gasteiger partial charge in [0, 0.05) is 17.1 Å². The van der Waals surface area contributed by atoms with Gasteiger partial charge < -0.3 is 4.52 Å². The first-order valence-corrected chi connectivity index (χ1v) is 5.12. The van der Waals surface area contributed by atoms with E-state index >= 15 is 0 Å². The van der Waals surface area contributed by atoms with E-state index in [-0.39, 0.29) is 0 Å². The van der Waals surface area contributed by atoms with Crippen LogP contribution in [0.2, 0.25) is 0 Å². The molecule has 0 N–H and O–H groups in total. The normalized spacial score (nSPS) is 10.8. The van der Waals surface area contributed by atoms with Crippen molar-refractivity contribution in [1.29, 1.82) is 0 Å². The molecule has 1 aromatic carbocycles. The Morgan fingerprint density at radius 2 is 2.06 bits per heavy atom. The van der Waals surface area contributed by atoms with Gasteiger partial charge in [-0.25, -0.2) is 0 Å². The summed E-state index contributed by atoms with van der Waals surface area (Å²) in [6, 6.07) is 11.9. The molecule has 0 aliphatic heterocycles. The third kappa shape index (κ3) is 1.37. The second-order valence-electron chi connectivity index (χ2n) is 3.69. The van der Waals surface area contributed by atoms with Crippen molar-refractivity contribution in [2.24, 2.45) is 0 Å². The van der Waals surface area contributed by atoms with Gasteiger partial charge >= 0.3 is 0 Å². The lowest BCUT2D eigenvalue weighted by Crippen LogP contribution is -1.81. The van der Waals surface area contributed by atoms with Crippen molar-refractivity contribution in [1.82, 2.24) is 10.1 Å². The zero-order chi connectivity index (χ0) is 11.0. The number of rotatable bonds is 1. The molecule has 2 heterocycles. The summed E-state index contributed by atoms with van der Waals surface area (Å²) in [5, 5.41) is 4.98. The molecule has 16 heavy (non-hydrogen) atoms.